The van der Waals surface area contributed by atoms with E-state index >= 15 is 0 Å². The first-order chi connectivity index (χ1) is 3.18. The van der Waals surface area contributed by atoms with Crippen LogP contribution in [0.5, 0.6) is 0 Å². The molecule has 0 spiro atoms. The van der Waals surface area contributed by atoms with Gasteiger partial charge in [0.2, 0.25) is 0 Å². The predicted molar refractivity (Wildman–Crippen MR) is 28.8 cm³/mol. The highest BCUT2D eigenvalue weighted by Crippen LogP contribution is 1.68. The molecular formula is C3H12N4. The predicted octanol–water partition coefficient (Wildman–Crippen LogP) is -1.23. The monoisotopic (exact) mass is 104 g/mol. The van der Waals surface area contributed by atoms with Crippen molar-refractivity contribution in [1.29, 1.82) is 0 Å². The van der Waals surface area contributed by atoms with Crippen LogP contribution in [-0.2, 0) is 0 Å². The zero-order valence-electron chi connectivity index (χ0n) is 4.97. The highest BCUT2D eigenvalue weighted by Gasteiger charge is 1.91. The van der Waals surface area contributed by atoms with Gasteiger partial charge in [0.15, 0.2) is 0 Å². The Morgan fingerprint density at radius 3 is 1.86 bits per heavy atom. The summed E-state index contributed by atoms with van der Waals surface area (Å²) in [5, 5.41) is 3.10. The minimum Gasteiger partial charge on any atom is -0.240 e. The van der Waals surface area contributed by atoms with Gasteiger partial charge in [-0.25, -0.2) is 16.3 Å². The minimum absolute atomic E-state index is 1.38. The molecule has 0 aromatic heterocycles. The topological polar surface area (TPSA) is 44.5 Å². The number of hydrogen-bond donors (Lipinski definition) is 2. The summed E-state index contributed by atoms with van der Waals surface area (Å²) in [6.45, 7) is 0. The van der Waals surface area contributed by atoms with E-state index in [1.165, 1.54) is 5.23 Å². The number of nitrogens with two attached hydrogens (primary N) is 1. The molecule has 0 bridgehead atoms. The molecule has 4 nitrogen and oxygen atoms in total. The van der Waals surface area contributed by atoms with E-state index in [2.05, 4.69) is 5.43 Å². The third-order valence-corrected chi connectivity index (χ3v) is 0.660. The number of hydrazine groups is 3. The fourth-order valence-electron chi connectivity index (χ4n) is 0.200. The first-order valence-corrected chi connectivity index (χ1v) is 2.08. The Morgan fingerprint density at radius 1 is 1.43 bits per heavy atom. The van der Waals surface area contributed by atoms with Crippen molar-refractivity contribution in [2.75, 3.05) is 21.1 Å². The van der Waals surface area contributed by atoms with Gasteiger partial charge in [-0.3, -0.25) is 0 Å². The lowest BCUT2D eigenvalue weighted by atomic mass is 11.2. The second-order valence-corrected chi connectivity index (χ2v) is 1.42. The van der Waals surface area contributed by atoms with Crippen LogP contribution in [0.1, 0.15) is 0 Å². The van der Waals surface area contributed by atoms with Gasteiger partial charge < -0.3 is 0 Å². The average molecular weight is 104 g/mol. The Kier molecular flexibility index (Phi) is 2.86. The molecule has 0 aliphatic rings. The number of nitrogens with zero attached hydrogens (tertiary/aromatic N) is 2. The summed E-state index contributed by atoms with van der Waals surface area (Å²) in [7, 11) is 5.44. The second-order valence-electron chi connectivity index (χ2n) is 1.42. The fraction of sp³-hybridized carbons (Fsp3) is 1.00. The maximum absolute atomic E-state index is 5.26. The van der Waals surface area contributed by atoms with Gasteiger partial charge in [-0.1, -0.05) is 0 Å². The molecule has 0 aliphatic heterocycles. The highest BCUT2D eigenvalue weighted by atomic mass is 15.9. The molecule has 0 radical (unpaired) electrons. The zero-order chi connectivity index (χ0) is 5.86. The van der Waals surface area contributed by atoms with Crippen LogP contribution in [0.2, 0.25) is 0 Å². The lowest BCUT2D eigenvalue weighted by molar-refractivity contribution is -0.0205. The highest BCUT2D eigenvalue weighted by molar-refractivity contribution is 4.19. The molecule has 0 rings (SSSR count). The van der Waals surface area contributed by atoms with Gasteiger partial charge in [0.1, 0.15) is 0 Å². The molecule has 0 aliphatic carbocycles. The van der Waals surface area contributed by atoms with Crippen LogP contribution < -0.4 is 11.3 Å². The van der Waals surface area contributed by atoms with Crippen molar-refractivity contribution in [1.82, 2.24) is 15.7 Å². The standard InChI is InChI=1S/C3H12N4/c1-5-7(4)6(2)3/h5H,4H2,1-3H3. The van der Waals surface area contributed by atoms with Gasteiger partial charge in [0.05, 0.1) is 0 Å². The molecule has 3 N–H and O–H groups in total. The SMILES string of the molecule is CNN(N)N(C)C. The smallest absolute Gasteiger partial charge is 0.00424 e. The summed E-state index contributed by atoms with van der Waals surface area (Å²) >= 11 is 0. The molecule has 44 valence electrons. The number of nitrogens with one attached hydrogen (secondary N) is 1. The van der Waals surface area contributed by atoms with E-state index in [0.29, 0.717) is 0 Å². The Labute approximate surface area is 43.8 Å². The number of rotatable bonds is 2. The lowest BCUT2D eigenvalue weighted by Crippen LogP contribution is -2.50. The molecule has 0 saturated heterocycles. The lowest BCUT2D eigenvalue weighted by Gasteiger charge is -2.20. The van der Waals surface area contributed by atoms with Crippen LogP contribution in [0.15, 0.2) is 0 Å². The van der Waals surface area contributed by atoms with Gasteiger partial charge in [0.25, 0.3) is 0 Å². The number of hydrogen-bond acceptors (Lipinski definition) is 4. The quantitative estimate of drug-likeness (QED) is 0.340. The van der Waals surface area contributed by atoms with Gasteiger partial charge in [0, 0.05) is 21.1 Å². The van der Waals surface area contributed by atoms with E-state index in [9.17, 15) is 0 Å². The van der Waals surface area contributed by atoms with Crippen LogP contribution in [-0.4, -0.2) is 31.4 Å². The van der Waals surface area contributed by atoms with Gasteiger partial charge in [-0.05, 0) is 0 Å². The summed E-state index contributed by atoms with van der Waals surface area (Å²) in [4.78, 5) is 0. The van der Waals surface area contributed by atoms with Crippen molar-refractivity contribution in [2.45, 2.75) is 0 Å². The molecule has 0 saturated carbocycles. The fourth-order valence-corrected chi connectivity index (χ4v) is 0.200. The minimum atomic E-state index is 1.38. The molecule has 0 aromatic rings. The largest absolute Gasteiger partial charge is 0.240 e. The van der Waals surface area contributed by atoms with Crippen LogP contribution >= 0.6 is 0 Å². The third-order valence-electron chi connectivity index (χ3n) is 0.660. The van der Waals surface area contributed by atoms with Crippen LogP contribution in [0.3, 0.4) is 0 Å². The van der Waals surface area contributed by atoms with Crippen molar-refractivity contribution < 1.29 is 0 Å². The van der Waals surface area contributed by atoms with E-state index in [1.54, 1.807) is 12.1 Å². The summed E-state index contributed by atoms with van der Waals surface area (Å²) < 4.78 is 0. The normalized spacial score (nSPS) is 11.1. The van der Waals surface area contributed by atoms with E-state index in [-0.39, 0.29) is 0 Å². The van der Waals surface area contributed by atoms with Crippen LogP contribution in [0.4, 0.5) is 0 Å². The van der Waals surface area contributed by atoms with Crippen molar-refractivity contribution in [2.24, 2.45) is 5.84 Å². The molecule has 7 heavy (non-hydrogen) atoms. The van der Waals surface area contributed by atoms with Crippen molar-refractivity contribution in [3.63, 3.8) is 0 Å². The molecule has 0 unspecified atom stereocenters. The van der Waals surface area contributed by atoms with Crippen molar-refractivity contribution in [3.05, 3.63) is 0 Å². The Balaban J connectivity index is 3.14. The molecule has 0 amide bonds. The van der Waals surface area contributed by atoms with E-state index in [1.807, 2.05) is 14.1 Å². The first-order valence-electron chi connectivity index (χ1n) is 2.08. The maximum atomic E-state index is 5.26. The van der Waals surface area contributed by atoms with E-state index in [0.717, 1.165) is 0 Å². The van der Waals surface area contributed by atoms with Gasteiger partial charge in [-0.2, -0.15) is 0 Å². The van der Waals surface area contributed by atoms with E-state index in [4.69, 9.17) is 5.84 Å². The molecule has 0 heterocycles. The maximum Gasteiger partial charge on any atom is 0.00424 e. The molecule has 0 atom stereocenters. The Bertz CT molecular complexity index is 44.2. The second kappa shape index (κ2) is 2.92. The molecular weight excluding hydrogens is 92.1 g/mol. The van der Waals surface area contributed by atoms with Crippen LogP contribution in [0, 0.1) is 0 Å². The van der Waals surface area contributed by atoms with Gasteiger partial charge >= 0.3 is 0 Å². The van der Waals surface area contributed by atoms with Gasteiger partial charge in [-0.15, -0.1) is 5.23 Å². The Hall–Kier alpha value is -0.160. The molecule has 4 heteroatoms. The summed E-state index contributed by atoms with van der Waals surface area (Å²) in [6, 6.07) is 0. The molecule has 0 aromatic carbocycles. The van der Waals surface area contributed by atoms with Crippen molar-refractivity contribution in [3.8, 4) is 0 Å². The summed E-state index contributed by atoms with van der Waals surface area (Å²) in [5.74, 6) is 5.26. The summed E-state index contributed by atoms with van der Waals surface area (Å²) in [5.41, 5.74) is 2.70. The first kappa shape index (κ1) is 6.84. The third kappa shape index (κ3) is 2.52. The van der Waals surface area contributed by atoms with Crippen LogP contribution in [0.25, 0.3) is 0 Å². The summed E-state index contributed by atoms with van der Waals surface area (Å²) in [6.07, 6.45) is 0. The zero-order valence-corrected chi connectivity index (χ0v) is 4.97. The van der Waals surface area contributed by atoms with E-state index < -0.39 is 0 Å². The Morgan fingerprint density at radius 2 is 1.86 bits per heavy atom. The average Bonchev–Trinajstić information content (AvgIpc) is 1.65. The van der Waals surface area contributed by atoms with Crippen molar-refractivity contribution >= 4 is 0 Å². The molecule has 0 fully saturated rings.